The van der Waals surface area contributed by atoms with Gasteiger partial charge in [-0.05, 0) is 42.7 Å². The highest BCUT2D eigenvalue weighted by atomic mass is 16.5. The summed E-state index contributed by atoms with van der Waals surface area (Å²) in [6, 6.07) is 11.8. The maximum absolute atomic E-state index is 12.0. The van der Waals surface area contributed by atoms with E-state index in [9.17, 15) is 4.79 Å². The van der Waals surface area contributed by atoms with Gasteiger partial charge < -0.3 is 14.5 Å². The largest absolute Gasteiger partial charge is 0.497 e. The molecule has 1 amide bonds. The van der Waals surface area contributed by atoms with E-state index >= 15 is 0 Å². The van der Waals surface area contributed by atoms with Gasteiger partial charge in [-0.1, -0.05) is 18.2 Å². The number of fused-ring (bicyclic) bond motifs is 1. The van der Waals surface area contributed by atoms with Crippen LogP contribution in [0.4, 0.5) is 0 Å². The number of hydrogen-bond acceptors (Lipinski definition) is 3. The predicted molar refractivity (Wildman–Crippen MR) is 93.1 cm³/mol. The van der Waals surface area contributed by atoms with Crippen LogP contribution >= 0.6 is 0 Å². The summed E-state index contributed by atoms with van der Waals surface area (Å²) in [5, 5.41) is 2.93. The fourth-order valence-electron chi connectivity index (χ4n) is 2.62. The Bertz CT molecular complexity index is 837. The molecule has 0 radical (unpaired) electrons. The summed E-state index contributed by atoms with van der Waals surface area (Å²) >= 11 is 0. The molecule has 0 aliphatic rings. The minimum atomic E-state index is 0.0274. The van der Waals surface area contributed by atoms with Crippen molar-refractivity contribution in [2.24, 2.45) is 0 Å². The standard InChI is InChI=1S/C19H21N3O2/c1-14-4-3-11-22-13-16(21-19(14)22)12-20-18(23)10-7-15-5-8-17(24-2)9-6-15/h3-6,8-9,11,13H,7,10,12H2,1-2H3,(H,20,23). The maximum atomic E-state index is 12.0. The normalized spacial score (nSPS) is 10.8. The van der Waals surface area contributed by atoms with Gasteiger partial charge in [-0.2, -0.15) is 0 Å². The first-order valence-corrected chi connectivity index (χ1v) is 7.98. The molecule has 0 aliphatic heterocycles. The number of nitrogens with zero attached hydrogens (tertiary/aromatic N) is 2. The third kappa shape index (κ3) is 3.74. The number of ether oxygens (including phenoxy) is 1. The number of carbonyl (C=O) groups excluding carboxylic acids is 1. The van der Waals surface area contributed by atoms with E-state index in [1.165, 1.54) is 0 Å². The summed E-state index contributed by atoms with van der Waals surface area (Å²) in [6.07, 6.45) is 5.08. The van der Waals surface area contributed by atoms with E-state index in [-0.39, 0.29) is 5.91 Å². The zero-order valence-electron chi connectivity index (χ0n) is 14.0. The van der Waals surface area contributed by atoms with Gasteiger partial charge in [0.05, 0.1) is 19.3 Å². The molecule has 0 atom stereocenters. The lowest BCUT2D eigenvalue weighted by atomic mass is 10.1. The SMILES string of the molecule is COc1ccc(CCC(=O)NCc2cn3cccc(C)c3n2)cc1. The van der Waals surface area contributed by atoms with Crippen LogP contribution in [-0.2, 0) is 17.8 Å². The van der Waals surface area contributed by atoms with Crippen molar-refractivity contribution in [3.63, 3.8) is 0 Å². The fourth-order valence-corrected chi connectivity index (χ4v) is 2.62. The molecule has 1 N–H and O–H groups in total. The van der Waals surface area contributed by atoms with Crippen molar-refractivity contribution in [2.45, 2.75) is 26.3 Å². The van der Waals surface area contributed by atoms with Gasteiger partial charge in [-0.25, -0.2) is 4.98 Å². The number of nitrogens with one attached hydrogen (secondary N) is 1. The Morgan fingerprint density at radius 1 is 1.25 bits per heavy atom. The molecule has 24 heavy (non-hydrogen) atoms. The summed E-state index contributed by atoms with van der Waals surface area (Å²) in [6.45, 7) is 2.47. The third-order valence-corrected chi connectivity index (χ3v) is 3.99. The second-order valence-electron chi connectivity index (χ2n) is 5.78. The van der Waals surface area contributed by atoms with Gasteiger partial charge in [0.15, 0.2) is 0 Å². The number of carbonyl (C=O) groups is 1. The van der Waals surface area contributed by atoms with Crippen molar-refractivity contribution < 1.29 is 9.53 Å². The first-order chi connectivity index (χ1) is 11.7. The summed E-state index contributed by atoms with van der Waals surface area (Å²) in [5.41, 5.74) is 4.03. The van der Waals surface area contributed by atoms with Crippen LogP contribution in [0.3, 0.4) is 0 Å². The average molecular weight is 323 g/mol. The summed E-state index contributed by atoms with van der Waals surface area (Å²) < 4.78 is 7.11. The van der Waals surface area contributed by atoms with Gasteiger partial charge in [0, 0.05) is 18.8 Å². The number of pyridine rings is 1. The Morgan fingerprint density at radius 2 is 2.04 bits per heavy atom. The maximum Gasteiger partial charge on any atom is 0.220 e. The zero-order chi connectivity index (χ0) is 16.9. The first-order valence-electron chi connectivity index (χ1n) is 7.98. The van der Waals surface area contributed by atoms with Gasteiger partial charge in [0.25, 0.3) is 0 Å². The van der Waals surface area contributed by atoms with Crippen LogP contribution in [0.15, 0.2) is 48.8 Å². The summed E-state index contributed by atoms with van der Waals surface area (Å²) in [5.74, 6) is 0.852. The molecule has 124 valence electrons. The van der Waals surface area contributed by atoms with Crippen molar-refractivity contribution in [1.82, 2.24) is 14.7 Å². The van der Waals surface area contributed by atoms with E-state index in [0.717, 1.165) is 28.2 Å². The number of methoxy groups -OCH3 is 1. The number of hydrogen-bond donors (Lipinski definition) is 1. The van der Waals surface area contributed by atoms with Crippen LogP contribution in [0.2, 0.25) is 0 Å². The van der Waals surface area contributed by atoms with Gasteiger partial charge in [0.2, 0.25) is 5.91 Å². The minimum Gasteiger partial charge on any atom is -0.497 e. The highest BCUT2D eigenvalue weighted by molar-refractivity contribution is 5.76. The average Bonchev–Trinajstić information content (AvgIpc) is 3.03. The molecule has 5 nitrogen and oxygen atoms in total. The molecule has 2 heterocycles. The van der Waals surface area contributed by atoms with E-state index in [1.807, 2.05) is 60.1 Å². The Morgan fingerprint density at radius 3 is 2.75 bits per heavy atom. The van der Waals surface area contributed by atoms with Crippen LogP contribution in [0, 0.1) is 6.92 Å². The Labute approximate surface area is 141 Å². The topological polar surface area (TPSA) is 55.6 Å². The second kappa shape index (κ2) is 7.17. The van der Waals surface area contributed by atoms with Crippen LogP contribution in [0.5, 0.6) is 5.75 Å². The molecular weight excluding hydrogens is 302 g/mol. The van der Waals surface area contributed by atoms with E-state index in [2.05, 4.69) is 10.3 Å². The van der Waals surface area contributed by atoms with Gasteiger partial charge in [0.1, 0.15) is 11.4 Å². The smallest absolute Gasteiger partial charge is 0.220 e. The molecule has 1 aromatic carbocycles. The fraction of sp³-hybridized carbons (Fsp3) is 0.263. The molecule has 0 fully saturated rings. The lowest BCUT2D eigenvalue weighted by molar-refractivity contribution is -0.121. The Hall–Kier alpha value is -2.82. The highest BCUT2D eigenvalue weighted by Gasteiger charge is 2.06. The molecule has 3 rings (SSSR count). The number of amides is 1. The van der Waals surface area contributed by atoms with Gasteiger partial charge in [-0.15, -0.1) is 0 Å². The Kier molecular flexibility index (Phi) is 4.79. The van der Waals surface area contributed by atoms with Crippen molar-refractivity contribution >= 4 is 11.6 Å². The van der Waals surface area contributed by atoms with E-state index in [4.69, 9.17) is 4.74 Å². The molecule has 0 saturated heterocycles. The Balaban J connectivity index is 1.51. The summed E-state index contributed by atoms with van der Waals surface area (Å²) in [4.78, 5) is 16.6. The minimum absolute atomic E-state index is 0.0274. The molecule has 0 bridgehead atoms. The zero-order valence-corrected chi connectivity index (χ0v) is 14.0. The van der Waals surface area contributed by atoms with Gasteiger partial charge in [-0.3, -0.25) is 4.79 Å². The van der Waals surface area contributed by atoms with E-state index in [1.54, 1.807) is 7.11 Å². The quantitative estimate of drug-likeness (QED) is 0.759. The molecule has 0 unspecified atom stereocenters. The van der Waals surface area contributed by atoms with Crippen LogP contribution in [0.1, 0.15) is 23.2 Å². The third-order valence-electron chi connectivity index (χ3n) is 3.99. The molecule has 0 spiro atoms. The molecule has 0 saturated carbocycles. The molecular formula is C19H21N3O2. The van der Waals surface area contributed by atoms with Crippen LogP contribution < -0.4 is 10.1 Å². The molecule has 5 heteroatoms. The second-order valence-corrected chi connectivity index (χ2v) is 5.78. The van der Waals surface area contributed by atoms with Crippen molar-refractivity contribution in [1.29, 1.82) is 0 Å². The van der Waals surface area contributed by atoms with Crippen molar-refractivity contribution in [2.75, 3.05) is 7.11 Å². The molecule has 0 aliphatic carbocycles. The molecule has 3 aromatic rings. The van der Waals surface area contributed by atoms with E-state index in [0.29, 0.717) is 19.4 Å². The van der Waals surface area contributed by atoms with Crippen LogP contribution in [0.25, 0.3) is 5.65 Å². The molecule has 2 aromatic heterocycles. The lowest BCUT2D eigenvalue weighted by Gasteiger charge is -2.05. The number of benzene rings is 1. The number of aromatic nitrogens is 2. The lowest BCUT2D eigenvalue weighted by Crippen LogP contribution is -2.23. The van der Waals surface area contributed by atoms with Gasteiger partial charge >= 0.3 is 0 Å². The number of imidazole rings is 1. The van der Waals surface area contributed by atoms with Crippen molar-refractivity contribution in [3.05, 3.63) is 65.6 Å². The van der Waals surface area contributed by atoms with Crippen LogP contribution in [-0.4, -0.2) is 22.4 Å². The number of rotatable bonds is 6. The van der Waals surface area contributed by atoms with Crippen molar-refractivity contribution in [3.8, 4) is 5.75 Å². The van der Waals surface area contributed by atoms with E-state index < -0.39 is 0 Å². The monoisotopic (exact) mass is 323 g/mol. The first kappa shape index (κ1) is 16.1. The summed E-state index contributed by atoms with van der Waals surface area (Å²) in [7, 11) is 1.64. The predicted octanol–water partition coefficient (Wildman–Crippen LogP) is 2.90. The highest BCUT2D eigenvalue weighted by Crippen LogP contribution is 2.13. The number of aryl methyl sites for hydroxylation is 2.